The summed E-state index contributed by atoms with van der Waals surface area (Å²) in [6, 6.07) is 4.47. The molecule has 19 heavy (non-hydrogen) atoms. The summed E-state index contributed by atoms with van der Waals surface area (Å²) in [6.07, 6.45) is 0. The molecule has 0 saturated carbocycles. The van der Waals surface area contributed by atoms with Crippen molar-refractivity contribution in [1.82, 2.24) is 9.55 Å². The monoisotopic (exact) mass is 253 g/mol. The fourth-order valence-electron chi connectivity index (χ4n) is 2.48. The highest BCUT2D eigenvalue weighted by atomic mass is 15.1. The van der Waals surface area contributed by atoms with E-state index in [-0.39, 0.29) is 0 Å². The quantitative estimate of drug-likeness (QED) is 0.780. The number of nitrogens with zero attached hydrogens (tertiary/aromatic N) is 3. The molecule has 2 aromatic rings. The average molecular weight is 253 g/mol. The highest BCUT2D eigenvalue weighted by molar-refractivity contribution is 5.74. The largest absolute Gasteiger partial charge is 0.323 e. The topological polar surface area (TPSA) is 41.6 Å². The fraction of sp³-hybridized carbons (Fsp3) is 0.375. The van der Waals surface area contributed by atoms with Gasteiger partial charge < -0.3 is 4.57 Å². The van der Waals surface area contributed by atoms with Gasteiger partial charge in [-0.3, -0.25) is 0 Å². The van der Waals surface area contributed by atoms with E-state index in [0.29, 0.717) is 5.69 Å². The van der Waals surface area contributed by atoms with E-state index in [0.717, 1.165) is 17.1 Å². The molecule has 0 amide bonds. The fourth-order valence-corrected chi connectivity index (χ4v) is 2.48. The van der Waals surface area contributed by atoms with Gasteiger partial charge in [0.05, 0.1) is 0 Å². The van der Waals surface area contributed by atoms with Gasteiger partial charge in [-0.15, -0.1) is 0 Å². The number of hydrogen-bond donors (Lipinski definition) is 0. The van der Waals surface area contributed by atoms with Crippen LogP contribution in [0.4, 0.5) is 0 Å². The number of rotatable bonds is 1. The first-order valence-electron chi connectivity index (χ1n) is 6.39. The molecule has 0 unspecified atom stereocenters. The smallest absolute Gasteiger partial charge is 0.147 e. The van der Waals surface area contributed by atoms with Gasteiger partial charge in [-0.05, 0) is 56.9 Å². The lowest BCUT2D eigenvalue weighted by molar-refractivity contribution is 0.845. The molecule has 3 nitrogen and oxygen atoms in total. The molecule has 0 aliphatic rings. The zero-order valence-electron chi connectivity index (χ0n) is 12.4. The van der Waals surface area contributed by atoms with E-state index in [9.17, 15) is 5.26 Å². The van der Waals surface area contributed by atoms with Crippen molar-refractivity contribution in [1.29, 1.82) is 5.26 Å². The minimum Gasteiger partial charge on any atom is -0.323 e. The molecule has 1 heterocycles. The van der Waals surface area contributed by atoms with Crippen LogP contribution in [0.3, 0.4) is 0 Å². The van der Waals surface area contributed by atoms with Gasteiger partial charge in [0, 0.05) is 12.6 Å². The third kappa shape index (κ3) is 1.94. The van der Waals surface area contributed by atoms with E-state index in [4.69, 9.17) is 0 Å². The van der Waals surface area contributed by atoms with Crippen molar-refractivity contribution in [3.63, 3.8) is 0 Å². The van der Waals surface area contributed by atoms with Crippen LogP contribution < -0.4 is 0 Å². The molecule has 0 radical (unpaired) electrons. The first-order chi connectivity index (χ1) is 8.88. The molecule has 0 saturated heterocycles. The zero-order valence-corrected chi connectivity index (χ0v) is 12.4. The normalized spacial score (nSPS) is 10.6. The summed E-state index contributed by atoms with van der Waals surface area (Å²) in [5.41, 5.74) is 7.45. The van der Waals surface area contributed by atoms with Crippen LogP contribution in [-0.4, -0.2) is 9.55 Å². The van der Waals surface area contributed by atoms with Gasteiger partial charge in [-0.2, -0.15) is 5.26 Å². The molecule has 0 aliphatic carbocycles. The number of nitriles is 1. The molecule has 0 fully saturated rings. The Morgan fingerprint density at radius 1 is 1.05 bits per heavy atom. The van der Waals surface area contributed by atoms with Crippen molar-refractivity contribution in [3.8, 4) is 17.3 Å². The van der Waals surface area contributed by atoms with E-state index in [2.05, 4.69) is 44.8 Å². The number of imidazole rings is 1. The second-order valence-corrected chi connectivity index (χ2v) is 5.16. The zero-order chi connectivity index (χ0) is 14.3. The van der Waals surface area contributed by atoms with Crippen LogP contribution in [0.5, 0.6) is 0 Å². The first kappa shape index (κ1) is 13.4. The average Bonchev–Trinajstić information content (AvgIpc) is 2.63. The van der Waals surface area contributed by atoms with Crippen molar-refractivity contribution >= 4 is 0 Å². The predicted molar refractivity (Wildman–Crippen MR) is 77.0 cm³/mol. The van der Waals surface area contributed by atoms with Crippen LogP contribution >= 0.6 is 0 Å². The van der Waals surface area contributed by atoms with Crippen LogP contribution in [0, 0.1) is 45.9 Å². The van der Waals surface area contributed by atoms with Gasteiger partial charge in [-0.25, -0.2) is 4.98 Å². The van der Waals surface area contributed by atoms with E-state index in [1.165, 1.54) is 22.3 Å². The Hall–Kier alpha value is -2.08. The minimum absolute atomic E-state index is 0.633. The van der Waals surface area contributed by atoms with Gasteiger partial charge >= 0.3 is 0 Å². The molecule has 0 N–H and O–H groups in total. The van der Waals surface area contributed by atoms with E-state index >= 15 is 0 Å². The Labute approximate surface area is 114 Å². The van der Waals surface area contributed by atoms with Crippen molar-refractivity contribution in [3.05, 3.63) is 39.8 Å². The molecule has 0 bridgehead atoms. The van der Waals surface area contributed by atoms with Gasteiger partial charge in [0.25, 0.3) is 0 Å². The lowest BCUT2D eigenvalue weighted by Gasteiger charge is -2.14. The Morgan fingerprint density at radius 3 is 2.05 bits per heavy atom. The van der Waals surface area contributed by atoms with Crippen LogP contribution in [0.1, 0.15) is 33.8 Å². The van der Waals surface area contributed by atoms with Crippen LogP contribution in [0.25, 0.3) is 11.3 Å². The van der Waals surface area contributed by atoms with Crippen LogP contribution in [-0.2, 0) is 7.05 Å². The number of aromatic nitrogens is 2. The standard InChI is InChI=1S/C16H19N3/c1-9-7-10(2)12(4)15(11(9)3)16-14(8-17)19(6)13(5)18-16/h7H,1-6H3. The van der Waals surface area contributed by atoms with Gasteiger partial charge in [0.1, 0.15) is 23.3 Å². The van der Waals surface area contributed by atoms with E-state index in [1.807, 2.05) is 18.5 Å². The minimum atomic E-state index is 0.633. The Balaban J connectivity index is 2.88. The summed E-state index contributed by atoms with van der Waals surface area (Å²) in [4.78, 5) is 4.60. The van der Waals surface area contributed by atoms with Crippen LogP contribution in [0.15, 0.2) is 6.07 Å². The Kier molecular flexibility index (Phi) is 3.20. The third-order valence-corrected chi connectivity index (χ3v) is 4.03. The van der Waals surface area contributed by atoms with Crippen molar-refractivity contribution in [2.75, 3.05) is 0 Å². The lowest BCUT2D eigenvalue weighted by atomic mass is 9.92. The molecule has 3 heteroatoms. The Bertz CT molecular complexity index is 674. The van der Waals surface area contributed by atoms with E-state index < -0.39 is 0 Å². The molecule has 1 aromatic carbocycles. The van der Waals surface area contributed by atoms with Crippen molar-refractivity contribution in [2.24, 2.45) is 7.05 Å². The molecule has 1 aromatic heterocycles. The molecule has 2 rings (SSSR count). The SMILES string of the molecule is Cc1cc(C)c(C)c(-c2nc(C)n(C)c2C#N)c1C. The van der Waals surface area contributed by atoms with Gasteiger partial charge in [0.2, 0.25) is 0 Å². The molecule has 0 spiro atoms. The Morgan fingerprint density at radius 2 is 1.58 bits per heavy atom. The lowest BCUT2D eigenvalue weighted by Crippen LogP contribution is -1.98. The predicted octanol–water partition coefficient (Wildman–Crippen LogP) is 3.50. The highest BCUT2D eigenvalue weighted by Crippen LogP contribution is 2.33. The summed E-state index contributed by atoms with van der Waals surface area (Å²) in [5.74, 6) is 0.865. The third-order valence-electron chi connectivity index (χ3n) is 4.03. The molecule has 0 aliphatic heterocycles. The highest BCUT2D eigenvalue weighted by Gasteiger charge is 2.19. The summed E-state index contributed by atoms with van der Waals surface area (Å²) < 4.78 is 1.85. The summed E-state index contributed by atoms with van der Waals surface area (Å²) in [7, 11) is 1.89. The molecule has 98 valence electrons. The number of aryl methyl sites for hydroxylation is 3. The summed E-state index contributed by atoms with van der Waals surface area (Å²) >= 11 is 0. The molecular formula is C16H19N3. The second kappa shape index (κ2) is 4.55. The van der Waals surface area contributed by atoms with E-state index in [1.54, 1.807) is 0 Å². The van der Waals surface area contributed by atoms with Gasteiger partial charge in [-0.1, -0.05) is 6.07 Å². The maximum Gasteiger partial charge on any atom is 0.147 e. The molecule has 0 atom stereocenters. The first-order valence-corrected chi connectivity index (χ1v) is 6.39. The number of benzene rings is 1. The van der Waals surface area contributed by atoms with Gasteiger partial charge in [0.15, 0.2) is 0 Å². The summed E-state index contributed by atoms with van der Waals surface area (Å²) in [6.45, 7) is 10.3. The van der Waals surface area contributed by atoms with Crippen molar-refractivity contribution in [2.45, 2.75) is 34.6 Å². The maximum atomic E-state index is 9.38. The molecular weight excluding hydrogens is 234 g/mol. The van der Waals surface area contributed by atoms with Crippen molar-refractivity contribution < 1.29 is 0 Å². The number of hydrogen-bond acceptors (Lipinski definition) is 2. The summed E-state index contributed by atoms with van der Waals surface area (Å²) in [5, 5.41) is 9.38. The maximum absolute atomic E-state index is 9.38. The second-order valence-electron chi connectivity index (χ2n) is 5.16. The van der Waals surface area contributed by atoms with Crippen LogP contribution in [0.2, 0.25) is 0 Å².